The van der Waals surface area contributed by atoms with Crippen LogP contribution in [0.2, 0.25) is 0 Å². The maximum Gasteiger partial charge on any atom is 0.292 e. The molecule has 0 aliphatic rings. The monoisotopic (exact) mass is 346 g/mol. The van der Waals surface area contributed by atoms with E-state index in [1.54, 1.807) is 6.07 Å². The Morgan fingerprint density at radius 1 is 0.923 bits per heavy atom. The predicted octanol–water partition coefficient (Wildman–Crippen LogP) is 6.44. The maximum atomic E-state index is 11.6. The molecule has 3 rings (SSSR count). The molecule has 132 valence electrons. The zero-order chi connectivity index (χ0) is 18.7. The Labute approximate surface area is 153 Å². The zero-order valence-corrected chi connectivity index (χ0v) is 15.2. The van der Waals surface area contributed by atoms with Gasteiger partial charge in [-0.25, -0.2) is 0 Å². The maximum absolute atomic E-state index is 11.6. The highest BCUT2D eigenvalue weighted by Crippen LogP contribution is 2.37. The minimum Gasteiger partial charge on any atom is -0.350 e. The van der Waals surface area contributed by atoms with Crippen LogP contribution in [0.5, 0.6) is 0 Å². The standard InChI is InChI=1S/C22H22N2O2/c1-15(2)18-11-7-8-12-20(18)23-21-14-19(17-9-5-4-6-10-17)16(3)13-22(21)24(25)26/h4-15,23H,1-3H3. The summed E-state index contributed by atoms with van der Waals surface area (Å²) in [6, 6.07) is 21.4. The average molecular weight is 346 g/mol. The zero-order valence-electron chi connectivity index (χ0n) is 15.2. The molecule has 0 amide bonds. The number of hydrogen-bond acceptors (Lipinski definition) is 3. The van der Waals surface area contributed by atoms with E-state index in [4.69, 9.17) is 0 Å². The fraction of sp³-hybridized carbons (Fsp3) is 0.182. The van der Waals surface area contributed by atoms with E-state index >= 15 is 0 Å². The second-order valence-corrected chi connectivity index (χ2v) is 6.67. The highest BCUT2D eigenvalue weighted by molar-refractivity contribution is 5.80. The average Bonchev–Trinajstić information content (AvgIpc) is 2.63. The fourth-order valence-corrected chi connectivity index (χ4v) is 3.13. The number of para-hydroxylation sites is 1. The Morgan fingerprint density at radius 2 is 1.58 bits per heavy atom. The Kier molecular flexibility index (Phi) is 5.03. The van der Waals surface area contributed by atoms with E-state index < -0.39 is 0 Å². The van der Waals surface area contributed by atoms with Crippen LogP contribution in [-0.4, -0.2) is 4.92 Å². The van der Waals surface area contributed by atoms with Crippen LogP contribution in [0.3, 0.4) is 0 Å². The highest BCUT2D eigenvalue weighted by Gasteiger charge is 2.19. The van der Waals surface area contributed by atoms with Crippen molar-refractivity contribution in [3.05, 3.63) is 88.0 Å². The van der Waals surface area contributed by atoms with Crippen LogP contribution in [0.1, 0.15) is 30.9 Å². The molecule has 0 atom stereocenters. The van der Waals surface area contributed by atoms with Crippen LogP contribution in [0.25, 0.3) is 11.1 Å². The summed E-state index contributed by atoms with van der Waals surface area (Å²) in [5.74, 6) is 0.316. The van der Waals surface area contributed by atoms with Crippen molar-refractivity contribution in [2.75, 3.05) is 5.32 Å². The van der Waals surface area contributed by atoms with Crippen LogP contribution >= 0.6 is 0 Å². The van der Waals surface area contributed by atoms with Gasteiger partial charge >= 0.3 is 0 Å². The number of nitro groups is 1. The summed E-state index contributed by atoms with van der Waals surface area (Å²) in [7, 11) is 0. The number of benzene rings is 3. The first-order valence-corrected chi connectivity index (χ1v) is 8.67. The summed E-state index contributed by atoms with van der Waals surface area (Å²) in [6.45, 7) is 6.13. The topological polar surface area (TPSA) is 55.2 Å². The van der Waals surface area contributed by atoms with Crippen molar-refractivity contribution in [1.29, 1.82) is 0 Å². The summed E-state index contributed by atoms with van der Waals surface area (Å²) >= 11 is 0. The Hall–Kier alpha value is -3.14. The number of rotatable bonds is 5. The fourth-order valence-electron chi connectivity index (χ4n) is 3.13. The molecule has 0 saturated heterocycles. The van der Waals surface area contributed by atoms with E-state index in [9.17, 15) is 10.1 Å². The molecule has 0 aromatic heterocycles. The lowest BCUT2D eigenvalue weighted by atomic mass is 9.98. The van der Waals surface area contributed by atoms with E-state index in [1.807, 2.05) is 67.6 Å². The lowest BCUT2D eigenvalue weighted by Gasteiger charge is -2.16. The van der Waals surface area contributed by atoms with E-state index in [0.717, 1.165) is 27.9 Å². The van der Waals surface area contributed by atoms with Crippen LogP contribution in [0.4, 0.5) is 17.1 Å². The number of nitro benzene ring substituents is 1. The molecule has 0 fully saturated rings. The second-order valence-electron chi connectivity index (χ2n) is 6.67. The van der Waals surface area contributed by atoms with Gasteiger partial charge in [0.25, 0.3) is 5.69 Å². The smallest absolute Gasteiger partial charge is 0.292 e. The third-order valence-electron chi connectivity index (χ3n) is 4.48. The van der Waals surface area contributed by atoms with E-state index in [-0.39, 0.29) is 10.6 Å². The Bertz CT molecular complexity index is 934. The number of aryl methyl sites for hydroxylation is 1. The Balaban J connectivity index is 2.12. The number of hydrogen-bond donors (Lipinski definition) is 1. The van der Waals surface area contributed by atoms with Gasteiger partial charge in [0, 0.05) is 11.8 Å². The molecule has 0 spiro atoms. The van der Waals surface area contributed by atoms with Crippen molar-refractivity contribution >= 4 is 17.1 Å². The van der Waals surface area contributed by atoms with Crippen molar-refractivity contribution in [2.45, 2.75) is 26.7 Å². The van der Waals surface area contributed by atoms with Gasteiger partial charge < -0.3 is 5.32 Å². The van der Waals surface area contributed by atoms with Gasteiger partial charge in [0.2, 0.25) is 0 Å². The molecular formula is C22H22N2O2. The van der Waals surface area contributed by atoms with Crippen molar-refractivity contribution in [3.63, 3.8) is 0 Å². The van der Waals surface area contributed by atoms with Crippen LogP contribution < -0.4 is 5.32 Å². The van der Waals surface area contributed by atoms with Gasteiger partial charge in [-0.2, -0.15) is 0 Å². The molecule has 0 unspecified atom stereocenters. The van der Waals surface area contributed by atoms with Crippen molar-refractivity contribution in [1.82, 2.24) is 0 Å². The molecule has 4 nitrogen and oxygen atoms in total. The summed E-state index contributed by atoms with van der Waals surface area (Å²) in [5.41, 5.74) is 5.52. The first kappa shape index (κ1) is 17.7. The first-order chi connectivity index (χ1) is 12.5. The van der Waals surface area contributed by atoms with Gasteiger partial charge in [-0.15, -0.1) is 0 Å². The lowest BCUT2D eigenvalue weighted by molar-refractivity contribution is -0.383. The van der Waals surface area contributed by atoms with Crippen molar-refractivity contribution < 1.29 is 4.92 Å². The molecule has 0 bridgehead atoms. The highest BCUT2D eigenvalue weighted by atomic mass is 16.6. The van der Waals surface area contributed by atoms with Gasteiger partial charge in [0.1, 0.15) is 5.69 Å². The van der Waals surface area contributed by atoms with Crippen LogP contribution in [0, 0.1) is 17.0 Å². The molecule has 0 aliphatic carbocycles. The number of nitrogens with zero attached hydrogens (tertiary/aromatic N) is 1. The van der Waals surface area contributed by atoms with Gasteiger partial charge in [0.05, 0.1) is 4.92 Å². The summed E-state index contributed by atoms with van der Waals surface area (Å²) in [6.07, 6.45) is 0. The number of nitrogens with one attached hydrogen (secondary N) is 1. The largest absolute Gasteiger partial charge is 0.350 e. The molecule has 0 radical (unpaired) electrons. The lowest BCUT2D eigenvalue weighted by Crippen LogP contribution is -2.02. The molecule has 0 aliphatic heterocycles. The molecule has 1 N–H and O–H groups in total. The van der Waals surface area contributed by atoms with E-state index in [2.05, 4.69) is 19.2 Å². The van der Waals surface area contributed by atoms with Crippen LogP contribution in [-0.2, 0) is 0 Å². The molecular weight excluding hydrogens is 324 g/mol. The second kappa shape index (κ2) is 7.40. The minimum absolute atomic E-state index is 0.0840. The molecule has 3 aromatic rings. The molecule has 3 aromatic carbocycles. The third-order valence-corrected chi connectivity index (χ3v) is 4.48. The van der Waals surface area contributed by atoms with Gasteiger partial charge in [-0.3, -0.25) is 10.1 Å². The molecule has 0 heterocycles. The van der Waals surface area contributed by atoms with Gasteiger partial charge in [-0.1, -0.05) is 62.4 Å². The number of anilines is 2. The summed E-state index contributed by atoms with van der Waals surface area (Å²) in [5, 5.41) is 14.9. The van der Waals surface area contributed by atoms with Crippen molar-refractivity contribution in [3.8, 4) is 11.1 Å². The van der Waals surface area contributed by atoms with E-state index in [1.165, 1.54) is 0 Å². The molecule has 0 saturated carbocycles. The van der Waals surface area contributed by atoms with Gasteiger partial charge in [-0.05, 0) is 47.2 Å². The SMILES string of the molecule is Cc1cc([N+](=O)[O-])c(Nc2ccccc2C(C)C)cc1-c1ccccc1. The van der Waals surface area contributed by atoms with E-state index in [0.29, 0.717) is 11.6 Å². The quantitative estimate of drug-likeness (QED) is 0.427. The van der Waals surface area contributed by atoms with Crippen LogP contribution in [0.15, 0.2) is 66.7 Å². The molecule has 26 heavy (non-hydrogen) atoms. The van der Waals surface area contributed by atoms with Crippen molar-refractivity contribution in [2.24, 2.45) is 0 Å². The van der Waals surface area contributed by atoms with Gasteiger partial charge in [0.15, 0.2) is 0 Å². The predicted molar refractivity (Wildman–Crippen MR) is 107 cm³/mol. The first-order valence-electron chi connectivity index (χ1n) is 8.67. The normalized spacial score (nSPS) is 10.8. The minimum atomic E-state index is -0.331. The third kappa shape index (κ3) is 3.59. The summed E-state index contributed by atoms with van der Waals surface area (Å²) < 4.78 is 0. The summed E-state index contributed by atoms with van der Waals surface area (Å²) in [4.78, 5) is 11.3. The Morgan fingerprint density at radius 3 is 2.23 bits per heavy atom. The molecule has 4 heteroatoms.